The summed E-state index contributed by atoms with van der Waals surface area (Å²) in [6.45, 7) is 0.0875. The zero-order valence-corrected chi connectivity index (χ0v) is 10.2. The van der Waals surface area contributed by atoms with E-state index in [1.165, 1.54) is 6.07 Å². The molecule has 5 heteroatoms. The molecule has 3 nitrogen and oxygen atoms in total. The van der Waals surface area contributed by atoms with Crippen molar-refractivity contribution in [2.75, 3.05) is 20.3 Å². The van der Waals surface area contributed by atoms with E-state index in [9.17, 15) is 13.9 Å². The Morgan fingerprint density at radius 1 is 1.44 bits per heavy atom. The summed E-state index contributed by atoms with van der Waals surface area (Å²) in [5, 5.41) is 12.5. The minimum Gasteiger partial charge on any atom is -0.488 e. The van der Waals surface area contributed by atoms with Crippen LogP contribution in [0.2, 0.25) is 0 Å². The van der Waals surface area contributed by atoms with E-state index in [0.29, 0.717) is 5.92 Å². The SMILES string of the molecule is CNC(CO)(COc1ccc(F)cc1F)C1CC1. The van der Waals surface area contributed by atoms with Gasteiger partial charge in [0.2, 0.25) is 0 Å². The molecular formula is C13H17F2NO2. The van der Waals surface area contributed by atoms with Gasteiger partial charge in [-0.3, -0.25) is 0 Å². The molecule has 18 heavy (non-hydrogen) atoms. The Kier molecular flexibility index (Phi) is 3.82. The van der Waals surface area contributed by atoms with Gasteiger partial charge in [0.25, 0.3) is 0 Å². The van der Waals surface area contributed by atoms with Crippen LogP contribution in [-0.4, -0.2) is 30.9 Å². The Balaban J connectivity index is 2.05. The molecule has 1 atom stereocenters. The Hall–Kier alpha value is -1.20. The number of rotatable bonds is 6. The molecule has 0 amide bonds. The molecule has 1 aliphatic carbocycles. The molecule has 1 saturated carbocycles. The molecule has 0 saturated heterocycles. The zero-order chi connectivity index (χ0) is 13.2. The molecule has 100 valence electrons. The fourth-order valence-corrected chi connectivity index (χ4v) is 2.08. The molecule has 0 radical (unpaired) electrons. The molecule has 0 aromatic heterocycles. The third-order valence-electron chi connectivity index (χ3n) is 3.52. The van der Waals surface area contributed by atoms with Crippen LogP contribution in [0.4, 0.5) is 8.78 Å². The fraction of sp³-hybridized carbons (Fsp3) is 0.538. The molecule has 2 rings (SSSR count). The number of aliphatic hydroxyl groups excluding tert-OH is 1. The molecule has 1 unspecified atom stereocenters. The van der Waals surface area contributed by atoms with Crippen molar-refractivity contribution >= 4 is 0 Å². The first-order chi connectivity index (χ1) is 8.61. The van der Waals surface area contributed by atoms with Gasteiger partial charge in [-0.25, -0.2) is 8.78 Å². The van der Waals surface area contributed by atoms with Crippen molar-refractivity contribution in [2.24, 2.45) is 5.92 Å². The number of likely N-dealkylation sites (N-methyl/N-ethyl adjacent to an activating group) is 1. The topological polar surface area (TPSA) is 41.5 Å². The highest BCUT2D eigenvalue weighted by atomic mass is 19.1. The lowest BCUT2D eigenvalue weighted by molar-refractivity contribution is 0.0894. The molecule has 1 aromatic rings. The third-order valence-corrected chi connectivity index (χ3v) is 3.52. The molecule has 1 fully saturated rings. The zero-order valence-electron chi connectivity index (χ0n) is 10.2. The van der Waals surface area contributed by atoms with E-state index < -0.39 is 17.2 Å². The predicted molar refractivity (Wildman–Crippen MR) is 63.5 cm³/mol. The molecule has 0 bridgehead atoms. The summed E-state index contributed by atoms with van der Waals surface area (Å²) in [5.74, 6) is -1.01. The van der Waals surface area contributed by atoms with E-state index in [1.807, 2.05) is 0 Å². The minimum absolute atomic E-state index is 0.00475. The number of ether oxygens (including phenoxy) is 1. The van der Waals surface area contributed by atoms with Gasteiger partial charge in [-0.05, 0) is 37.9 Å². The van der Waals surface area contributed by atoms with Crippen LogP contribution in [0.3, 0.4) is 0 Å². The highest BCUT2D eigenvalue weighted by molar-refractivity contribution is 5.25. The average molecular weight is 257 g/mol. The summed E-state index contributed by atoms with van der Waals surface area (Å²) < 4.78 is 31.5. The summed E-state index contributed by atoms with van der Waals surface area (Å²) in [6, 6.07) is 3.19. The van der Waals surface area contributed by atoms with E-state index in [0.717, 1.165) is 25.0 Å². The van der Waals surface area contributed by atoms with E-state index in [2.05, 4.69) is 5.32 Å². The van der Waals surface area contributed by atoms with E-state index in [4.69, 9.17) is 4.74 Å². The van der Waals surface area contributed by atoms with Gasteiger partial charge >= 0.3 is 0 Å². The number of nitrogens with one attached hydrogen (secondary N) is 1. The van der Waals surface area contributed by atoms with Gasteiger partial charge < -0.3 is 15.2 Å². The van der Waals surface area contributed by atoms with E-state index >= 15 is 0 Å². The van der Waals surface area contributed by atoms with Gasteiger partial charge in [0.05, 0.1) is 12.1 Å². The summed E-state index contributed by atoms with van der Waals surface area (Å²) in [6.07, 6.45) is 2.05. The summed E-state index contributed by atoms with van der Waals surface area (Å²) in [4.78, 5) is 0. The predicted octanol–water partition coefficient (Wildman–Crippen LogP) is 1.70. The van der Waals surface area contributed by atoms with Crippen molar-refractivity contribution in [1.29, 1.82) is 0 Å². The van der Waals surface area contributed by atoms with Gasteiger partial charge in [-0.2, -0.15) is 0 Å². The molecule has 2 N–H and O–H groups in total. The standard InChI is InChI=1S/C13H17F2NO2/c1-16-13(7-17,9-2-3-9)8-18-12-5-4-10(14)6-11(12)15/h4-6,9,16-17H,2-3,7-8H2,1H3. The lowest BCUT2D eigenvalue weighted by Crippen LogP contribution is -2.53. The first kappa shape index (κ1) is 13.2. The van der Waals surface area contributed by atoms with Crippen molar-refractivity contribution < 1.29 is 18.6 Å². The maximum Gasteiger partial charge on any atom is 0.167 e. The first-order valence-electron chi connectivity index (χ1n) is 5.99. The average Bonchev–Trinajstić information content (AvgIpc) is 3.18. The van der Waals surface area contributed by atoms with Crippen LogP contribution in [0.1, 0.15) is 12.8 Å². The third kappa shape index (κ3) is 2.62. The Morgan fingerprint density at radius 2 is 2.17 bits per heavy atom. The van der Waals surface area contributed by atoms with Crippen LogP contribution in [0.5, 0.6) is 5.75 Å². The van der Waals surface area contributed by atoms with Crippen LogP contribution >= 0.6 is 0 Å². The molecular weight excluding hydrogens is 240 g/mol. The van der Waals surface area contributed by atoms with E-state index in [-0.39, 0.29) is 19.0 Å². The van der Waals surface area contributed by atoms with Gasteiger partial charge in [0.15, 0.2) is 11.6 Å². The van der Waals surface area contributed by atoms with Crippen LogP contribution in [0, 0.1) is 17.6 Å². The smallest absolute Gasteiger partial charge is 0.167 e. The quantitative estimate of drug-likeness (QED) is 0.815. The first-order valence-corrected chi connectivity index (χ1v) is 5.99. The Bertz CT molecular complexity index is 417. The van der Waals surface area contributed by atoms with Crippen LogP contribution in [-0.2, 0) is 0 Å². The van der Waals surface area contributed by atoms with Crippen LogP contribution in [0.25, 0.3) is 0 Å². The van der Waals surface area contributed by atoms with Crippen molar-refractivity contribution in [2.45, 2.75) is 18.4 Å². The molecule has 1 aromatic carbocycles. The van der Waals surface area contributed by atoms with Gasteiger partial charge in [0.1, 0.15) is 12.4 Å². The second kappa shape index (κ2) is 5.20. The molecule has 0 heterocycles. The Labute approximate surface area is 105 Å². The van der Waals surface area contributed by atoms with Crippen molar-refractivity contribution in [3.8, 4) is 5.75 Å². The lowest BCUT2D eigenvalue weighted by atomic mass is 9.95. The second-order valence-corrected chi connectivity index (χ2v) is 4.70. The number of halogens is 2. The van der Waals surface area contributed by atoms with Crippen molar-refractivity contribution in [3.63, 3.8) is 0 Å². The van der Waals surface area contributed by atoms with Gasteiger partial charge in [0, 0.05) is 6.07 Å². The van der Waals surface area contributed by atoms with Crippen molar-refractivity contribution in [3.05, 3.63) is 29.8 Å². The van der Waals surface area contributed by atoms with Gasteiger partial charge in [-0.15, -0.1) is 0 Å². The molecule has 0 aliphatic heterocycles. The number of benzene rings is 1. The summed E-state index contributed by atoms with van der Waals surface area (Å²) in [7, 11) is 1.75. The molecule has 1 aliphatic rings. The summed E-state index contributed by atoms with van der Waals surface area (Å²) >= 11 is 0. The maximum absolute atomic E-state index is 13.4. The number of hydrogen-bond acceptors (Lipinski definition) is 3. The van der Waals surface area contributed by atoms with Crippen LogP contribution in [0.15, 0.2) is 18.2 Å². The second-order valence-electron chi connectivity index (χ2n) is 4.70. The Morgan fingerprint density at radius 3 is 2.67 bits per heavy atom. The monoisotopic (exact) mass is 257 g/mol. The lowest BCUT2D eigenvalue weighted by Gasteiger charge is -2.31. The highest BCUT2D eigenvalue weighted by Crippen LogP contribution is 2.39. The maximum atomic E-state index is 13.4. The number of aliphatic hydroxyl groups is 1. The van der Waals surface area contributed by atoms with E-state index in [1.54, 1.807) is 7.05 Å². The van der Waals surface area contributed by atoms with Gasteiger partial charge in [-0.1, -0.05) is 0 Å². The van der Waals surface area contributed by atoms with Crippen molar-refractivity contribution in [1.82, 2.24) is 5.32 Å². The normalized spacial score (nSPS) is 18.4. The van der Waals surface area contributed by atoms with Crippen LogP contribution < -0.4 is 10.1 Å². The fourth-order valence-electron chi connectivity index (χ4n) is 2.08. The largest absolute Gasteiger partial charge is 0.488 e. The number of hydrogen-bond donors (Lipinski definition) is 2. The highest BCUT2D eigenvalue weighted by Gasteiger charge is 2.44. The summed E-state index contributed by atoms with van der Waals surface area (Å²) in [5.41, 5.74) is -0.541. The molecule has 0 spiro atoms. The minimum atomic E-state index is -0.728.